The second-order valence-electron chi connectivity index (χ2n) is 6.44. The fraction of sp³-hybridized carbons (Fsp3) is 0.217. The Hall–Kier alpha value is -3.54. The molecule has 3 aromatic rings. The van der Waals surface area contributed by atoms with Crippen molar-refractivity contribution in [1.29, 1.82) is 0 Å². The van der Waals surface area contributed by atoms with Crippen molar-refractivity contribution in [3.63, 3.8) is 0 Å². The van der Waals surface area contributed by atoms with Gasteiger partial charge in [-0.05, 0) is 47.9 Å². The third-order valence-corrected chi connectivity index (χ3v) is 4.57. The molecule has 0 aliphatic rings. The van der Waals surface area contributed by atoms with Gasteiger partial charge >= 0.3 is 0 Å². The van der Waals surface area contributed by atoms with Crippen molar-refractivity contribution >= 4 is 17.3 Å². The molecule has 0 spiro atoms. The Morgan fingerprint density at radius 3 is 2.48 bits per heavy atom. The maximum atomic E-state index is 12.4. The molecule has 0 atom stereocenters. The lowest BCUT2D eigenvalue weighted by Crippen LogP contribution is -2.23. The first-order valence-corrected chi connectivity index (χ1v) is 9.44. The first-order chi connectivity index (χ1) is 14.1. The number of hydrogen-bond donors (Lipinski definition) is 2. The molecule has 2 aromatic carbocycles. The van der Waals surface area contributed by atoms with E-state index >= 15 is 0 Å². The molecule has 150 valence electrons. The van der Waals surface area contributed by atoms with Crippen molar-refractivity contribution in [3.05, 3.63) is 77.6 Å². The Balaban J connectivity index is 1.62. The maximum Gasteiger partial charge on any atom is 0.270 e. The van der Waals surface area contributed by atoms with Crippen LogP contribution in [0.1, 0.15) is 28.5 Å². The molecule has 0 saturated carbocycles. The quantitative estimate of drug-likeness (QED) is 0.598. The first-order valence-electron chi connectivity index (χ1n) is 9.44. The zero-order valence-corrected chi connectivity index (χ0v) is 16.9. The number of para-hydroxylation sites is 1. The van der Waals surface area contributed by atoms with Crippen LogP contribution in [0.2, 0.25) is 0 Å². The predicted molar refractivity (Wildman–Crippen MR) is 114 cm³/mol. The number of methoxy groups -OCH3 is 2. The molecule has 0 radical (unpaired) electrons. The lowest BCUT2D eigenvalue weighted by molar-refractivity contribution is 0.0946. The van der Waals surface area contributed by atoms with E-state index in [-0.39, 0.29) is 5.91 Å². The maximum absolute atomic E-state index is 12.4. The molecule has 0 unspecified atom stereocenters. The molecule has 0 saturated heterocycles. The Kier molecular flexibility index (Phi) is 6.68. The highest BCUT2D eigenvalue weighted by Gasteiger charge is 2.09. The van der Waals surface area contributed by atoms with E-state index in [9.17, 15) is 4.79 Å². The monoisotopic (exact) mass is 391 g/mol. The lowest BCUT2D eigenvalue weighted by atomic mass is 10.1. The fourth-order valence-corrected chi connectivity index (χ4v) is 2.97. The Morgan fingerprint density at radius 2 is 1.79 bits per heavy atom. The molecule has 29 heavy (non-hydrogen) atoms. The third kappa shape index (κ3) is 5.04. The van der Waals surface area contributed by atoms with Crippen LogP contribution in [-0.4, -0.2) is 25.1 Å². The molecule has 0 aliphatic carbocycles. The zero-order chi connectivity index (χ0) is 20.6. The standard InChI is InChI=1S/C23H25N3O3/c1-4-17-7-5-6-8-19(17)26-18-10-11-20(24-15-18)23(27)25-14-16-9-12-21(28-2)22(13-16)29-3/h5-13,15,26H,4,14H2,1-3H3,(H,25,27). The van der Waals surface area contributed by atoms with Gasteiger partial charge in [0.05, 0.1) is 26.1 Å². The number of nitrogens with one attached hydrogen (secondary N) is 2. The molecular weight excluding hydrogens is 366 g/mol. The highest BCUT2D eigenvalue weighted by atomic mass is 16.5. The molecule has 1 aromatic heterocycles. The normalized spacial score (nSPS) is 10.3. The number of anilines is 2. The number of hydrogen-bond acceptors (Lipinski definition) is 5. The van der Waals surface area contributed by atoms with E-state index in [1.165, 1.54) is 5.56 Å². The highest BCUT2D eigenvalue weighted by molar-refractivity contribution is 5.92. The van der Waals surface area contributed by atoms with Crippen LogP contribution in [0.25, 0.3) is 0 Å². The first kappa shape index (κ1) is 20.2. The summed E-state index contributed by atoms with van der Waals surface area (Å²) in [4.78, 5) is 16.7. The van der Waals surface area contributed by atoms with Gasteiger partial charge in [0.25, 0.3) is 5.91 Å². The van der Waals surface area contributed by atoms with E-state index in [1.807, 2.05) is 42.5 Å². The molecule has 0 aliphatic heterocycles. The summed E-state index contributed by atoms with van der Waals surface area (Å²) in [6.07, 6.45) is 2.60. The number of carbonyl (C=O) groups excluding carboxylic acids is 1. The molecule has 1 amide bonds. The summed E-state index contributed by atoms with van der Waals surface area (Å²) < 4.78 is 10.5. The average molecular weight is 391 g/mol. The van der Waals surface area contributed by atoms with Crippen LogP contribution >= 0.6 is 0 Å². The van der Waals surface area contributed by atoms with Gasteiger partial charge in [0.2, 0.25) is 0 Å². The largest absolute Gasteiger partial charge is 0.493 e. The van der Waals surface area contributed by atoms with Gasteiger partial charge in [-0.3, -0.25) is 4.79 Å². The van der Waals surface area contributed by atoms with Crippen LogP contribution in [0.15, 0.2) is 60.8 Å². The van der Waals surface area contributed by atoms with Gasteiger partial charge in [-0.15, -0.1) is 0 Å². The number of ether oxygens (including phenoxy) is 2. The minimum absolute atomic E-state index is 0.236. The molecule has 6 heteroatoms. The van der Waals surface area contributed by atoms with Gasteiger partial charge in [0.1, 0.15) is 5.69 Å². The lowest BCUT2D eigenvalue weighted by Gasteiger charge is -2.11. The Bertz CT molecular complexity index is 971. The third-order valence-electron chi connectivity index (χ3n) is 4.57. The Morgan fingerprint density at radius 1 is 1.00 bits per heavy atom. The van der Waals surface area contributed by atoms with Gasteiger partial charge in [-0.2, -0.15) is 0 Å². The Labute approximate surface area is 170 Å². The molecule has 0 fully saturated rings. The van der Waals surface area contributed by atoms with E-state index in [4.69, 9.17) is 9.47 Å². The topological polar surface area (TPSA) is 72.5 Å². The number of pyridine rings is 1. The SMILES string of the molecule is CCc1ccccc1Nc1ccc(C(=O)NCc2ccc(OC)c(OC)c2)nc1. The van der Waals surface area contributed by atoms with E-state index < -0.39 is 0 Å². The van der Waals surface area contributed by atoms with Crippen LogP contribution in [0.4, 0.5) is 11.4 Å². The van der Waals surface area contributed by atoms with Crippen molar-refractivity contribution in [2.24, 2.45) is 0 Å². The number of benzene rings is 2. The number of nitrogens with zero attached hydrogens (tertiary/aromatic N) is 1. The summed E-state index contributed by atoms with van der Waals surface area (Å²) in [5, 5.41) is 6.22. The number of carbonyl (C=O) groups is 1. The van der Waals surface area contributed by atoms with Crippen molar-refractivity contribution in [3.8, 4) is 11.5 Å². The van der Waals surface area contributed by atoms with Gasteiger partial charge in [-0.1, -0.05) is 31.2 Å². The second kappa shape index (κ2) is 9.59. The predicted octanol–water partition coefficient (Wildman–Crippen LogP) is 4.33. The van der Waals surface area contributed by atoms with Crippen molar-refractivity contribution in [2.75, 3.05) is 19.5 Å². The van der Waals surface area contributed by atoms with Crippen LogP contribution in [0.5, 0.6) is 11.5 Å². The van der Waals surface area contributed by atoms with E-state index in [1.54, 1.807) is 26.5 Å². The van der Waals surface area contributed by atoms with Crippen molar-refractivity contribution in [2.45, 2.75) is 19.9 Å². The fourth-order valence-electron chi connectivity index (χ4n) is 2.97. The van der Waals surface area contributed by atoms with Gasteiger partial charge in [0, 0.05) is 12.2 Å². The van der Waals surface area contributed by atoms with E-state index in [0.717, 1.165) is 23.4 Å². The van der Waals surface area contributed by atoms with Gasteiger partial charge in [0.15, 0.2) is 11.5 Å². The van der Waals surface area contributed by atoms with Crippen LogP contribution in [-0.2, 0) is 13.0 Å². The number of aryl methyl sites for hydroxylation is 1. The minimum atomic E-state index is -0.236. The summed E-state index contributed by atoms with van der Waals surface area (Å²) in [6, 6.07) is 17.2. The summed E-state index contributed by atoms with van der Waals surface area (Å²) in [5.41, 5.74) is 4.37. The number of aromatic nitrogens is 1. The van der Waals surface area contributed by atoms with Gasteiger partial charge < -0.3 is 20.1 Å². The molecular formula is C23H25N3O3. The summed E-state index contributed by atoms with van der Waals surface area (Å²) in [5.74, 6) is 1.04. The molecule has 2 N–H and O–H groups in total. The molecule has 6 nitrogen and oxygen atoms in total. The zero-order valence-electron chi connectivity index (χ0n) is 16.9. The highest BCUT2D eigenvalue weighted by Crippen LogP contribution is 2.27. The van der Waals surface area contributed by atoms with Gasteiger partial charge in [-0.25, -0.2) is 4.98 Å². The van der Waals surface area contributed by atoms with E-state index in [2.05, 4.69) is 28.6 Å². The minimum Gasteiger partial charge on any atom is -0.493 e. The molecule has 1 heterocycles. The summed E-state index contributed by atoms with van der Waals surface area (Å²) in [6.45, 7) is 2.48. The van der Waals surface area contributed by atoms with E-state index in [0.29, 0.717) is 23.7 Å². The molecule has 3 rings (SSSR count). The van der Waals surface area contributed by atoms with Crippen LogP contribution in [0.3, 0.4) is 0 Å². The second-order valence-corrected chi connectivity index (χ2v) is 6.44. The number of rotatable bonds is 8. The summed E-state index contributed by atoms with van der Waals surface area (Å²) in [7, 11) is 3.17. The number of amides is 1. The van der Waals surface area contributed by atoms with Crippen LogP contribution < -0.4 is 20.1 Å². The van der Waals surface area contributed by atoms with Crippen molar-refractivity contribution < 1.29 is 14.3 Å². The van der Waals surface area contributed by atoms with Crippen LogP contribution in [0, 0.1) is 0 Å². The van der Waals surface area contributed by atoms with Crippen molar-refractivity contribution in [1.82, 2.24) is 10.3 Å². The molecule has 0 bridgehead atoms. The smallest absolute Gasteiger partial charge is 0.270 e. The summed E-state index contributed by atoms with van der Waals surface area (Å²) >= 11 is 0. The average Bonchev–Trinajstić information content (AvgIpc) is 2.78.